The van der Waals surface area contributed by atoms with Gasteiger partial charge in [-0.25, -0.2) is 0 Å². The zero-order valence-electron chi connectivity index (χ0n) is 11.8. The van der Waals surface area contributed by atoms with Crippen molar-refractivity contribution < 1.29 is 9.90 Å². The fourth-order valence-electron chi connectivity index (χ4n) is 4.09. The Bertz CT molecular complexity index is 355. The molecule has 3 heterocycles. The van der Waals surface area contributed by atoms with Crippen molar-refractivity contribution in [1.82, 2.24) is 14.7 Å². The van der Waals surface area contributed by atoms with E-state index in [9.17, 15) is 9.90 Å². The van der Waals surface area contributed by atoms with Gasteiger partial charge in [0.25, 0.3) is 0 Å². The van der Waals surface area contributed by atoms with E-state index in [2.05, 4.69) is 21.7 Å². The lowest BCUT2D eigenvalue weighted by Gasteiger charge is -2.49. The smallest absolute Gasteiger partial charge is 0.324 e. The molecule has 3 rings (SSSR count). The molecule has 5 nitrogen and oxygen atoms in total. The van der Waals surface area contributed by atoms with Gasteiger partial charge in [-0.2, -0.15) is 0 Å². The summed E-state index contributed by atoms with van der Waals surface area (Å²) in [6.07, 6.45) is 4.04. The standard InChI is InChI=1S/C14H25N3O2/c1-15-7-9-17(10-8-15)14(13(18)19)4-6-16-5-2-3-12(16)11-14/h12H,2-11H2,1H3,(H,18,19). The molecule has 0 saturated carbocycles. The summed E-state index contributed by atoms with van der Waals surface area (Å²) in [4.78, 5) is 19.0. The van der Waals surface area contributed by atoms with Gasteiger partial charge in [-0.1, -0.05) is 0 Å². The van der Waals surface area contributed by atoms with Crippen LogP contribution in [-0.4, -0.2) is 83.7 Å². The van der Waals surface area contributed by atoms with Crippen LogP contribution in [0.25, 0.3) is 0 Å². The number of carboxylic acids is 1. The molecule has 0 radical (unpaired) electrons. The van der Waals surface area contributed by atoms with Crippen LogP contribution in [0, 0.1) is 0 Å². The first-order chi connectivity index (χ1) is 9.12. The van der Waals surface area contributed by atoms with Gasteiger partial charge in [0.15, 0.2) is 0 Å². The molecule has 5 heteroatoms. The lowest BCUT2D eigenvalue weighted by molar-refractivity contribution is -0.158. The first kappa shape index (κ1) is 13.3. The predicted molar refractivity (Wildman–Crippen MR) is 73.3 cm³/mol. The summed E-state index contributed by atoms with van der Waals surface area (Å²) in [5, 5.41) is 9.85. The Kier molecular flexibility index (Phi) is 3.53. The second kappa shape index (κ2) is 5.04. The minimum Gasteiger partial charge on any atom is -0.480 e. The molecule has 0 aliphatic carbocycles. The molecule has 0 aromatic carbocycles. The van der Waals surface area contributed by atoms with Gasteiger partial charge in [0, 0.05) is 38.8 Å². The van der Waals surface area contributed by atoms with E-state index in [1.54, 1.807) is 0 Å². The minimum atomic E-state index is -0.594. The van der Waals surface area contributed by atoms with Gasteiger partial charge in [0.1, 0.15) is 5.54 Å². The summed E-state index contributed by atoms with van der Waals surface area (Å²) in [6, 6.07) is 0.504. The van der Waals surface area contributed by atoms with Crippen molar-refractivity contribution in [2.45, 2.75) is 37.3 Å². The lowest BCUT2D eigenvalue weighted by atomic mass is 9.81. The van der Waals surface area contributed by atoms with Crippen LogP contribution in [0.3, 0.4) is 0 Å². The number of likely N-dealkylation sites (N-methyl/N-ethyl adjacent to an activating group) is 1. The molecule has 1 N–H and O–H groups in total. The highest BCUT2D eigenvalue weighted by Crippen LogP contribution is 2.37. The number of hydrogen-bond acceptors (Lipinski definition) is 4. The average Bonchev–Trinajstić information content (AvgIpc) is 2.86. The molecular formula is C14H25N3O2. The van der Waals surface area contributed by atoms with Crippen molar-refractivity contribution in [3.05, 3.63) is 0 Å². The van der Waals surface area contributed by atoms with E-state index in [4.69, 9.17) is 0 Å². The van der Waals surface area contributed by atoms with Crippen LogP contribution in [0.2, 0.25) is 0 Å². The number of piperidine rings is 1. The fraction of sp³-hybridized carbons (Fsp3) is 0.929. The predicted octanol–water partition coefficient (Wildman–Crippen LogP) is 0.315. The van der Waals surface area contributed by atoms with Gasteiger partial charge in [-0.05, 0) is 39.3 Å². The van der Waals surface area contributed by atoms with Crippen molar-refractivity contribution in [2.75, 3.05) is 46.3 Å². The lowest BCUT2D eigenvalue weighted by Crippen LogP contribution is -2.65. The average molecular weight is 267 g/mol. The maximum absolute atomic E-state index is 12.0. The summed E-state index contributed by atoms with van der Waals surface area (Å²) >= 11 is 0. The Morgan fingerprint density at radius 1 is 1.16 bits per heavy atom. The number of carbonyl (C=O) groups is 1. The third-order valence-corrected chi connectivity index (χ3v) is 5.39. The van der Waals surface area contributed by atoms with Crippen molar-refractivity contribution in [1.29, 1.82) is 0 Å². The highest BCUT2D eigenvalue weighted by molar-refractivity contribution is 5.79. The molecule has 0 aromatic heterocycles. The third-order valence-electron chi connectivity index (χ3n) is 5.39. The Morgan fingerprint density at radius 2 is 1.89 bits per heavy atom. The first-order valence-corrected chi connectivity index (χ1v) is 7.53. The summed E-state index contributed by atoms with van der Waals surface area (Å²) in [6.45, 7) is 5.91. The van der Waals surface area contributed by atoms with E-state index in [1.807, 2.05) is 0 Å². The fourth-order valence-corrected chi connectivity index (χ4v) is 4.09. The number of fused-ring (bicyclic) bond motifs is 1. The highest BCUT2D eigenvalue weighted by Gasteiger charge is 2.50. The summed E-state index contributed by atoms with van der Waals surface area (Å²) in [7, 11) is 2.12. The van der Waals surface area contributed by atoms with Crippen molar-refractivity contribution in [2.24, 2.45) is 0 Å². The molecule has 108 valence electrons. The van der Waals surface area contributed by atoms with Crippen LogP contribution < -0.4 is 0 Å². The minimum absolute atomic E-state index is 0.504. The summed E-state index contributed by atoms with van der Waals surface area (Å²) in [5.41, 5.74) is -0.591. The first-order valence-electron chi connectivity index (χ1n) is 7.53. The Labute approximate surface area is 115 Å². The maximum Gasteiger partial charge on any atom is 0.324 e. The number of nitrogens with zero attached hydrogens (tertiary/aromatic N) is 3. The Hall–Kier alpha value is -0.650. The van der Waals surface area contributed by atoms with E-state index < -0.39 is 11.5 Å². The maximum atomic E-state index is 12.0. The number of piperazine rings is 1. The van der Waals surface area contributed by atoms with E-state index >= 15 is 0 Å². The third kappa shape index (κ3) is 2.28. The van der Waals surface area contributed by atoms with Crippen LogP contribution >= 0.6 is 0 Å². The summed E-state index contributed by atoms with van der Waals surface area (Å²) in [5.74, 6) is -0.594. The van der Waals surface area contributed by atoms with Gasteiger partial charge in [0.2, 0.25) is 0 Å². The number of carboxylic acid groups (broad SMARTS) is 1. The van der Waals surface area contributed by atoms with E-state index in [0.717, 1.165) is 45.6 Å². The van der Waals surface area contributed by atoms with Crippen LogP contribution in [0.4, 0.5) is 0 Å². The molecule has 2 atom stereocenters. The molecule has 2 unspecified atom stereocenters. The van der Waals surface area contributed by atoms with E-state index in [1.165, 1.54) is 19.4 Å². The molecule has 0 spiro atoms. The second-order valence-corrected chi connectivity index (χ2v) is 6.41. The second-order valence-electron chi connectivity index (χ2n) is 6.41. The molecule has 3 fully saturated rings. The van der Waals surface area contributed by atoms with Crippen molar-refractivity contribution >= 4 is 5.97 Å². The quantitative estimate of drug-likeness (QED) is 0.780. The van der Waals surface area contributed by atoms with E-state index in [-0.39, 0.29) is 0 Å². The number of aliphatic carboxylic acids is 1. The largest absolute Gasteiger partial charge is 0.480 e. The topological polar surface area (TPSA) is 47.0 Å². The molecule has 3 aliphatic heterocycles. The number of hydrogen-bond donors (Lipinski definition) is 1. The molecule has 0 bridgehead atoms. The summed E-state index contributed by atoms with van der Waals surface area (Å²) < 4.78 is 0. The van der Waals surface area contributed by atoms with Crippen LogP contribution in [0.15, 0.2) is 0 Å². The Balaban J connectivity index is 1.77. The van der Waals surface area contributed by atoms with Crippen molar-refractivity contribution in [3.8, 4) is 0 Å². The number of rotatable bonds is 2. The zero-order chi connectivity index (χ0) is 13.5. The monoisotopic (exact) mass is 267 g/mol. The van der Waals surface area contributed by atoms with E-state index in [0.29, 0.717) is 6.04 Å². The Morgan fingerprint density at radius 3 is 2.58 bits per heavy atom. The normalized spacial score (nSPS) is 38.3. The molecular weight excluding hydrogens is 242 g/mol. The van der Waals surface area contributed by atoms with Crippen molar-refractivity contribution in [3.63, 3.8) is 0 Å². The van der Waals surface area contributed by atoms with Gasteiger partial charge in [-0.15, -0.1) is 0 Å². The van der Waals surface area contributed by atoms with Gasteiger partial charge < -0.3 is 14.9 Å². The molecule has 3 saturated heterocycles. The van der Waals surface area contributed by atoms with Crippen LogP contribution in [0.5, 0.6) is 0 Å². The molecule has 19 heavy (non-hydrogen) atoms. The van der Waals surface area contributed by atoms with Gasteiger partial charge >= 0.3 is 5.97 Å². The molecule has 0 aromatic rings. The molecule has 3 aliphatic rings. The van der Waals surface area contributed by atoms with Gasteiger partial charge in [-0.3, -0.25) is 9.69 Å². The highest BCUT2D eigenvalue weighted by atomic mass is 16.4. The molecule has 0 amide bonds. The van der Waals surface area contributed by atoms with Crippen LogP contribution in [0.1, 0.15) is 25.7 Å². The SMILES string of the molecule is CN1CCN(C2(C(=O)O)CCN3CCCC3C2)CC1. The van der Waals surface area contributed by atoms with Crippen LogP contribution in [-0.2, 0) is 4.79 Å². The van der Waals surface area contributed by atoms with Gasteiger partial charge in [0.05, 0.1) is 0 Å². The zero-order valence-corrected chi connectivity index (χ0v) is 11.8.